The van der Waals surface area contributed by atoms with Crippen LogP contribution in [0, 0.1) is 0 Å². The lowest BCUT2D eigenvalue weighted by atomic mass is 10.1. The maximum atomic E-state index is 10.3. The van der Waals surface area contributed by atoms with Crippen molar-refractivity contribution in [2.75, 3.05) is 7.11 Å². The largest absolute Gasteiger partial charge is 0.497 e. The lowest BCUT2D eigenvalue weighted by molar-refractivity contribution is -0.137. The minimum absolute atomic E-state index is 0.276. The third-order valence-electron chi connectivity index (χ3n) is 2.49. The molecule has 0 spiro atoms. The van der Waals surface area contributed by atoms with Crippen LogP contribution in [0.3, 0.4) is 0 Å². The zero-order valence-electron chi connectivity index (χ0n) is 9.61. The average Bonchev–Trinajstić information content (AvgIpc) is 2.28. The zero-order chi connectivity index (χ0) is 11.8. The van der Waals surface area contributed by atoms with E-state index in [9.17, 15) is 4.79 Å². The number of benzene rings is 1. The molecule has 0 heterocycles. The molecule has 0 aliphatic carbocycles. The molecule has 3 heteroatoms. The zero-order valence-corrected chi connectivity index (χ0v) is 9.61. The van der Waals surface area contributed by atoms with Gasteiger partial charge in [0.15, 0.2) is 0 Å². The molecule has 0 radical (unpaired) electrons. The van der Waals surface area contributed by atoms with Gasteiger partial charge in [0.25, 0.3) is 0 Å². The van der Waals surface area contributed by atoms with Gasteiger partial charge in [-0.25, -0.2) is 0 Å². The summed E-state index contributed by atoms with van der Waals surface area (Å²) < 4.78 is 5.14. The fraction of sp³-hybridized carbons (Fsp3) is 0.462. The summed E-state index contributed by atoms with van der Waals surface area (Å²) in [4.78, 5) is 10.3. The number of carbonyl (C=O) groups is 1. The van der Waals surface area contributed by atoms with Crippen LogP contribution in [0.1, 0.15) is 31.2 Å². The summed E-state index contributed by atoms with van der Waals surface area (Å²) in [5, 5.41) is 8.48. The van der Waals surface area contributed by atoms with Crippen molar-refractivity contribution in [3.63, 3.8) is 0 Å². The first-order valence-electron chi connectivity index (χ1n) is 5.57. The molecule has 0 bridgehead atoms. The van der Waals surface area contributed by atoms with Gasteiger partial charge in [0.1, 0.15) is 5.75 Å². The van der Waals surface area contributed by atoms with E-state index >= 15 is 0 Å². The summed E-state index contributed by atoms with van der Waals surface area (Å²) in [5.41, 5.74) is 1.25. The molecular formula is C13H18O3. The van der Waals surface area contributed by atoms with E-state index < -0.39 is 5.97 Å². The number of aliphatic carboxylic acids is 1. The highest BCUT2D eigenvalue weighted by Gasteiger charge is 1.98. The van der Waals surface area contributed by atoms with E-state index in [0.29, 0.717) is 0 Å². The SMILES string of the molecule is COc1cccc(CCCCCC(=O)O)c1. The Morgan fingerprint density at radius 1 is 1.31 bits per heavy atom. The van der Waals surface area contributed by atoms with Gasteiger partial charge in [0.05, 0.1) is 7.11 Å². The number of carboxylic acids is 1. The van der Waals surface area contributed by atoms with Crippen molar-refractivity contribution in [3.8, 4) is 5.75 Å². The Kier molecular flexibility index (Phi) is 5.40. The molecule has 3 nitrogen and oxygen atoms in total. The van der Waals surface area contributed by atoms with Gasteiger partial charge in [0.2, 0.25) is 0 Å². The van der Waals surface area contributed by atoms with E-state index in [1.165, 1.54) is 5.56 Å². The van der Waals surface area contributed by atoms with Crippen LogP contribution in [0.25, 0.3) is 0 Å². The van der Waals surface area contributed by atoms with E-state index in [1.807, 2.05) is 18.2 Å². The first-order valence-corrected chi connectivity index (χ1v) is 5.57. The van der Waals surface area contributed by atoms with Crippen molar-refractivity contribution in [2.45, 2.75) is 32.1 Å². The van der Waals surface area contributed by atoms with Gasteiger partial charge in [-0.05, 0) is 37.0 Å². The second-order valence-corrected chi connectivity index (χ2v) is 3.81. The molecule has 0 saturated carbocycles. The summed E-state index contributed by atoms with van der Waals surface area (Å²) >= 11 is 0. The maximum absolute atomic E-state index is 10.3. The highest BCUT2D eigenvalue weighted by atomic mass is 16.5. The number of rotatable bonds is 7. The lowest BCUT2D eigenvalue weighted by Crippen LogP contribution is -1.94. The molecule has 0 fully saturated rings. The van der Waals surface area contributed by atoms with Crippen LogP contribution in [0.5, 0.6) is 5.75 Å². The molecule has 1 rings (SSSR count). The fourth-order valence-electron chi connectivity index (χ4n) is 1.61. The van der Waals surface area contributed by atoms with Gasteiger partial charge < -0.3 is 9.84 Å². The van der Waals surface area contributed by atoms with Gasteiger partial charge in [-0.3, -0.25) is 4.79 Å². The van der Waals surface area contributed by atoms with E-state index in [0.717, 1.165) is 31.4 Å². The molecule has 1 N–H and O–H groups in total. The lowest BCUT2D eigenvalue weighted by Gasteiger charge is -2.04. The number of carboxylic acid groups (broad SMARTS) is 1. The van der Waals surface area contributed by atoms with Crippen LogP contribution in [-0.2, 0) is 11.2 Å². The van der Waals surface area contributed by atoms with Gasteiger partial charge in [-0.2, -0.15) is 0 Å². The van der Waals surface area contributed by atoms with Crippen molar-refractivity contribution < 1.29 is 14.6 Å². The first kappa shape index (κ1) is 12.6. The molecule has 0 aliphatic rings. The van der Waals surface area contributed by atoms with E-state index in [1.54, 1.807) is 7.11 Å². The molecule has 1 aromatic carbocycles. The highest BCUT2D eigenvalue weighted by Crippen LogP contribution is 2.15. The quantitative estimate of drug-likeness (QED) is 0.721. The summed E-state index contributed by atoms with van der Waals surface area (Å²) in [5.74, 6) is 0.171. The number of unbranched alkanes of at least 4 members (excludes halogenated alkanes) is 2. The Balaban J connectivity index is 2.23. The summed E-state index contributed by atoms with van der Waals surface area (Å²) in [6.07, 6.45) is 4.01. The topological polar surface area (TPSA) is 46.5 Å². The van der Waals surface area contributed by atoms with Gasteiger partial charge >= 0.3 is 5.97 Å². The van der Waals surface area contributed by atoms with Crippen LogP contribution < -0.4 is 4.74 Å². The minimum atomic E-state index is -0.707. The molecule has 0 aromatic heterocycles. The van der Waals surface area contributed by atoms with E-state index in [-0.39, 0.29) is 6.42 Å². The van der Waals surface area contributed by atoms with Crippen molar-refractivity contribution in [3.05, 3.63) is 29.8 Å². The first-order chi connectivity index (χ1) is 7.72. The monoisotopic (exact) mass is 222 g/mol. The number of methoxy groups -OCH3 is 1. The third kappa shape index (κ3) is 4.82. The van der Waals surface area contributed by atoms with Gasteiger partial charge in [0, 0.05) is 6.42 Å². The molecule has 0 amide bonds. The fourth-order valence-corrected chi connectivity index (χ4v) is 1.61. The standard InChI is InChI=1S/C13H18O3/c1-16-12-8-5-7-11(10-12)6-3-2-4-9-13(14)15/h5,7-8,10H,2-4,6,9H2,1H3,(H,14,15). The molecular weight excluding hydrogens is 204 g/mol. The Hall–Kier alpha value is -1.51. The molecule has 0 aliphatic heterocycles. The van der Waals surface area contributed by atoms with Gasteiger partial charge in [-0.1, -0.05) is 18.6 Å². The third-order valence-corrected chi connectivity index (χ3v) is 2.49. The van der Waals surface area contributed by atoms with E-state index in [2.05, 4.69) is 6.07 Å². The van der Waals surface area contributed by atoms with Crippen molar-refractivity contribution in [2.24, 2.45) is 0 Å². The predicted octanol–water partition coefficient (Wildman–Crippen LogP) is 2.88. The molecule has 0 atom stereocenters. The molecule has 16 heavy (non-hydrogen) atoms. The minimum Gasteiger partial charge on any atom is -0.497 e. The molecule has 0 unspecified atom stereocenters. The number of hydrogen-bond acceptors (Lipinski definition) is 2. The second-order valence-electron chi connectivity index (χ2n) is 3.81. The molecule has 1 aromatic rings. The second kappa shape index (κ2) is 6.88. The number of hydrogen-bond donors (Lipinski definition) is 1. The van der Waals surface area contributed by atoms with Crippen LogP contribution in [0.15, 0.2) is 24.3 Å². The number of aryl methyl sites for hydroxylation is 1. The van der Waals surface area contributed by atoms with Crippen molar-refractivity contribution >= 4 is 5.97 Å². The summed E-state index contributed by atoms with van der Waals surface area (Å²) in [7, 11) is 1.66. The normalized spacial score (nSPS) is 10.1. The Labute approximate surface area is 96.1 Å². The number of ether oxygens (including phenoxy) is 1. The van der Waals surface area contributed by atoms with Crippen LogP contribution in [0.2, 0.25) is 0 Å². The van der Waals surface area contributed by atoms with Crippen LogP contribution >= 0.6 is 0 Å². The Morgan fingerprint density at radius 2 is 2.12 bits per heavy atom. The van der Waals surface area contributed by atoms with Gasteiger partial charge in [-0.15, -0.1) is 0 Å². The smallest absolute Gasteiger partial charge is 0.303 e. The van der Waals surface area contributed by atoms with E-state index in [4.69, 9.17) is 9.84 Å². The predicted molar refractivity (Wildman–Crippen MR) is 62.8 cm³/mol. The average molecular weight is 222 g/mol. The Morgan fingerprint density at radius 3 is 2.81 bits per heavy atom. The Bertz CT molecular complexity index is 334. The highest BCUT2D eigenvalue weighted by molar-refractivity contribution is 5.66. The molecule has 0 saturated heterocycles. The van der Waals surface area contributed by atoms with Crippen molar-refractivity contribution in [1.29, 1.82) is 0 Å². The van der Waals surface area contributed by atoms with Crippen molar-refractivity contribution in [1.82, 2.24) is 0 Å². The summed E-state index contributed by atoms with van der Waals surface area (Å²) in [6, 6.07) is 8.00. The molecule has 88 valence electrons. The van der Waals surface area contributed by atoms with Crippen LogP contribution in [-0.4, -0.2) is 18.2 Å². The maximum Gasteiger partial charge on any atom is 0.303 e. The summed E-state index contributed by atoms with van der Waals surface area (Å²) in [6.45, 7) is 0. The van der Waals surface area contributed by atoms with Crippen LogP contribution in [0.4, 0.5) is 0 Å².